The molecule has 2 unspecified atom stereocenters. The minimum atomic E-state index is -0.798. The van der Waals surface area contributed by atoms with E-state index in [-0.39, 0.29) is 17.6 Å². The molecule has 1 aromatic rings. The van der Waals surface area contributed by atoms with E-state index in [4.69, 9.17) is 17.3 Å². The summed E-state index contributed by atoms with van der Waals surface area (Å²) < 4.78 is 0. The van der Waals surface area contributed by atoms with E-state index >= 15 is 0 Å². The summed E-state index contributed by atoms with van der Waals surface area (Å²) in [6.45, 7) is 0. The van der Waals surface area contributed by atoms with Gasteiger partial charge in [0.1, 0.15) is 0 Å². The molecule has 0 spiro atoms. The Balaban J connectivity index is 2.18. The highest BCUT2D eigenvalue weighted by Gasteiger charge is 2.34. The number of thiocarbonyl (C=S) groups is 1. The summed E-state index contributed by atoms with van der Waals surface area (Å²) >= 11 is 4.89. The van der Waals surface area contributed by atoms with Gasteiger partial charge in [0, 0.05) is 16.8 Å². The van der Waals surface area contributed by atoms with Gasteiger partial charge in [0.2, 0.25) is 0 Å². The number of ketones is 1. The average Bonchev–Trinajstić information content (AvgIpc) is 2.87. The number of aliphatic carboxylic acids is 1. The van der Waals surface area contributed by atoms with Crippen LogP contribution in [0.3, 0.4) is 0 Å². The lowest BCUT2D eigenvalue weighted by atomic mass is 9.92. The van der Waals surface area contributed by atoms with Gasteiger partial charge in [-0.1, -0.05) is 36.5 Å². The zero-order chi connectivity index (χ0) is 13.1. The van der Waals surface area contributed by atoms with Crippen molar-refractivity contribution in [1.29, 1.82) is 0 Å². The van der Waals surface area contributed by atoms with E-state index in [1.54, 1.807) is 12.1 Å². The van der Waals surface area contributed by atoms with Crippen LogP contribution in [0.2, 0.25) is 0 Å². The molecule has 1 aliphatic carbocycles. The molecule has 1 N–H and O–H groups in total. The van der Waals surface area contributed by atoms with Crippen molar-refractivity contribution in [3.63, 3.8) is 0 Å². The molecule has 1 fully saturated rings. The summed E-state index contributed by atoms with van der Waals surface area (Å²) in [6, 6.07) is 7.21. The Bertz CT molecular complexity index is 496. The number of Topliss-reactive ketones (excluding diaryl/α,β-unsaturated/α-hetero) is 1. The lowest BCUT2D eigenvalue weighted by Crippen LogP contribution is -2.16. The summed E-state index contributed by atoms with van der Waals surface area (Å²) in [5, 5.41) is 10.4. The number of carbonyl (C=O) groups is 2. The van der Waals surface area contributed by atoms with E-state index in [2.05, 4.69) is 0 Å². The molecule has 0 heterocycles. The number of hydrogen-bond donors (Lipinski definition) is 1. The van der Waals surface area contributed by atoms with Gasteiger partial charge >= 0.3 is 5.97 Å². The average molecular weight is 262 g/mol. The van der Waals surface area contributed by atoms with E-state index in [0.29, 0.717) is 24.8 Å². The maximum absolute atomic E-state index is 12.3. The number of benzene rings is 1. The molecular weight excluding hydrogens is 248 g/mol. The maximum atomic E-state index is 12.3. The van der Waals surface area contributed by atoms with Gasteiger partial charge in [-0.25, -0.2) is 0 Å². The molecule has 4 heteroatoms. The standard InChI is InChI=1S/C14H14O3S/c15-13(9-5-6-10(7-9)14(16)17)12-4-2-1-3-11(12)8-18/h1-4,8-10H,5-7H2,(H,16,17). The minimum Gasteiger partial charge on any atom is -0.481 e. The van der Waals surface area contributed by atoms with Gasteiger partial charge < -0.3 is 5.11 Å². The molecule has 18 heavy (non-hydrogen) atoms. The maximum Gasteiger partial charge on any atom is 0.306 e. The molecule has 2 rings (SSSR count). The van der Waals surface area contributed by atoms with E-state index in [9.17, 15) is 9.59 Å². The molecule has 0 radical (unpaired) electrons. The van der Waals surface area contributed by atoms with E-state index in [1.165, 1.54) is 5.37 Å². The monoisotopic (exact) mass is 262 g/mol. The van der Waals surface area contributed by atoms with Crippen LogP contribution in [0.25, 0.3) is 0 Å². The second-order valence-corrected chi connectivity index (χ2v) is 4.85. The molecule has 3 nitrogen and oxygen atoms in total. The van der Waals surface area contributed by atoms with Crippen LogP contribution in [0.15, 0.2) is 24.3 Å². The van der Waals surface area contributed by atoms with Crippen molar-refractivity contribution >= 4 is 29.3 Å². The smallest absolute Gasteiger partial charge is 0.306 e. The largest absolute Gasteiger partial charge is 0.481 e. The zero-order valence-electron chi connectivity index (χ0n) is 9.83. The Morgan fingerprint density at radius 3 is 2.50 bits per heavy atom. The first-order chi connectivity index (χ1) is 8.63. The number of carbonyl (C=O) groups excluding carboxylic acids is 1. The van der Waals surface area contributed by atoms with Crippen LogP contribution in [-0.4, -0.2) is 22.2 Å². The van der Waals surface area contributed by atoms with Gasteiger partial charge in [-0.15, -0.1) is 0 Å². The van der Waals surface area contributed by atoms with Crippen LogP contribution in [0.5, 0.6) is 0 Å². The van der Waals surface area contributed by atoms with Crippen LogP contribution in [0.1, 0.15) is 35.2 Å². The number of hydrogen-bond acceptors (Lipinski definition) is 3. The summed E-state index contributed by atoms with van der Waals surface area (Å²) in [7, 11) is 0. The second kappa shape index (κ2) is 5.40. The van der Waals surface area contributed by atoms with Gasteiger partial charge in [0.15, 0.2) is 5.78 Å². The van der Waals surface area contributed by atoms with Crippen LogP contribution < -0.4 is 0 Å². The van der Waals surface area contributed by atoms with Crippen LogP contribution >= 0.6 is 12.2 Å². The number of carboxylic acids is 1. The van der Waals surface area contributed by atoms with Crippen LogP contribution in [0.4, 0.5) is 0 Å². The van der Waals surface area contributed by atoms with Gasteiger partial charge in [0.05, 0.1) is 5.92 Å². The minimum absolute atomic E-state index is 0.0236. The molecule has 0 aromatic heterocycles. The van der Waals surface area contributed by atoms with Crippen molar-refractivity contribution in [3.8, 4) is 0 Å². The predicted octanol–water partition coefficient (Wildman–Crippen LogP) is 2.72. The second-order valence-electron chi connectivity index (χ2n) is 4.61. The molecule has 94 valence electrons. The summed E-state index contributed by atoms with van der Waals surface area (Å²) in [6.07, 6.45) is 1.69. The van der Waals surface area contributed by atoms with Crippen LogP contribution in [0, 0.1) is 11.8 Å². The van der Waals surface area contributed by atoms with Crippen molar-refractivity contribution in [3.05, 3.63) is 35.4 Å². The van der Waals surface area contributed by atoms with Crippen molar-refractivity contribution in [2.75, 3.05) is 0 Å². The first-order valence-corrected chi connectivity index (χ1v) is 6.42. The molecule has 0 saturated heterocycles. The highest BCUT2D eigenvalue weighted by Crippen LogP contribution is 2.33. The molecule has 1 aromatic carbocycles. The summed E-state index contributed by atoms with van der Waals surface area (Å²) in [5.41, 5.74) is 1.36. The predicted molar refractivity (Wildman–Crippen MR) is 72.0 cm³/mol. The molecule has 2 atom stereocenters. The fourth-order valence-electron chi connectivity index (χ4n) is 2.49. The van der Waals surface area contributed by atoms with Crippen molar-refractivity contribution in [2.45, 2.75) is 19.3 Å². The van der Waals surface area contributed by atoms with Crippen molar-refractivity contribution < 1.29 is 14.7 Å². The third kappa shape index (κ3) is 2.48. The van der Waals surface area contributed by atoms with E-state index in [0.717, 1.165) is 5.56 Å². The lowest BCUT2D eigenvalue weighted by molar-refractivity contribution is -0.141. The van der Waals surface area contributed by atoms with Gasteiger partial charge in [0.25, 0.3) is 0 Å². The van der Waals surface area contributed by atoms with Gasteiger partial charge in [-0.2, -0.15) is 0 Å². The number of carboxylic acid groups (broad SMARTS) is 1. The molecule has 0 aliphatic heterocycles. The number of rotatable bonds is 4. The SMILES string of the molecule is O=C(O)C1CCC(C(=O)c2ccccc2C=S)C1. The third-order valence-electron chi connectivity index (χ3n) is 3.51. The van der Waals surface area contributed by atoms with Crippen molar-refractivity contribution in [1.82, 2.24) is 0 Å². The highest BCUT2D eigenvalue weighted by atomic mass is 32.1. The van der Waals surface area contributed by atoms with E-state index in [1.807, 2.05) is 12.1 Å². The molecule has 1 aliphatic rings. The van der Waals surface area contributed by atoms with Crippen molar-refractivity contribution in [2.24, 2.45) is 11.8 Å². The zero-order valence-corrected chi connectivity index (χ0v) is 10.7. The molecule has 1 saturated carbocycles. The van der Waals surface area contributed by atoms with Gasteiger partial charge in [-0.05, 0) is 24.8 Å². The Labute approximate surface area is 111 Å². The fraction of sp³-hybridized carbons (Fsp3) is 0.357. The van der Waals surface area contributed by atoms with Gasteiger partial charge in [-0.3, -0.25) is 9.59 Å². The van der Waals surface area contributed by atoms with Crippen LogP contribution in [-0.2, 0) is 4.79 Å². The Kier molecular flexibility index (Phi) is 3.87. The normalized spacial score (nSPS) is 22.7. The lowest BCUT2D eigenvalue weighted by Gasteiger charge is -2.10. The summed E-state index contributed by atoms with van der Waals surface area (Å²) in [4.78, 5) is 23.2. The molecule has 0 amide bonds. The topological polar surface area (TPSA) is 54.4 Å². The fourth-order valence-corrected chi connectivity index (χ4v) is 2.69. The first-order valence-electron chi connectivity index (χ1n) is 5.94. The van der Waals surface area contributed by atoms with E-state index < -0.39 is 5.97 Å². The Morgan fingerprint density at radius 2 is 1.89 bits per heavy atom. The molecule has 0 bridgehead atoms. The Morgan fingerprint density at radius 1 is 1.22 bits per heavy atom. The Hall–Kier alpha value is -1.55. The third-order valence-corrected chi connectivity index (χ3v) is 3.76. The highest BCUT2D eigenvalue weighted by molar-refractivity contribution is 7.79. The summed E-state index contributed by atoms with van der Waals surface area (Å²) in [5.74, 6) is -1.33. The first kappa shape index (κ1) is 12.9. The molecular formula is C14H14O3S. The quantitative estimate of drug-likeness (QED) is 0.669.